The first-order chi connectivity index (χ1) is 15.3. The molecule has 0 fully saturated rings. The van der Waals surface area contributed by atoms with Gasteiger partial charge in [-0.1, -0.05) is 54.6 Å². The van der Waals surface area contributed by atoms with Crippen molar-refractivity contribution in [3.63, 3.8) is 0 Å². The molecular weight excluding hydrogens is 386 g/mol. The van der Waals surface area contributed by atoms with E-state index in [1.807, 2.05) is 13.0 Å². The largest absolute Gasteiger partial charge is 0.463 e. The van der Waals surface area contributed by atoms with Crippen LogP contribution in [0.1, 0.15) is 47.9 Å². The number of carbonyl (C=O) groups excluding carboxylic acids is 1. The van der Waals surface area contributed by atoms with Gasteiger partial charge in [0.1, 0.15) is 0 Å². The van der Waals surface area contributed by atoms with Gasteiger partial charge in [-0.05, 0) is 54.9 Å². The van der Waals surface area contributed by atoms with Crippen molar-refractivity contribution in [2.24, 2.45) is 0 Å². The van der Waals surface area contributed by atoms with Crippen LogP contribution in [-0.4, -0.2) is 50.3 Å². The Kier molecular flexibility index (Phi) is 7.55. The Balaban J connectivity index is 1.30. The number of hydrogen-bond acceptors (Lipinski definition) is 4. The minimum Gasteiger partial charge on any atom is -0.463 e. The Labute approximate surface area is 185 Å². The molecule has 1 aliphatic heterocycles. The molecule has 2 aromatic rings. The van der Waals surface area contributed by atoms with Crippen molar-refractivity contribution in [2.75, 3.05) is 39.5 Å². The van der Waals surface area contributed by atoms with E-state index in [1.54, 1.807) is 0 Å². The second-order valence-corrected chi connectivity index (χ2v) is 8.37. The van der Waals surface area contributed by atoms with E-state index in [1.165, 1.54) is 22.3 Å². The average Bonchev–Trinajstić information content (AvgIpc) is 2.96. The number of aryl methyl sites for hydroxylation is 2. The number of hydrogen-bond donors (Lipinski definition) is 0. The standard InChI is InChI=1S/C27H33NO3/c1-2-31-27(29)23-10-7-16-28(20-23)17-19-30-18-15-26-24-11-5-3-8-21(24)13-14-22-9-4-6-12-25(22)26/h3-6,8-12,26H,2,7,13-20H2,1H3. The van der Waals surface area contributed by atoms with E-state index in [9.17, 15) is 4.79 Å². The summed E-state index contributed by atoms with van der Waals surface area (Å²) in [7, 11) is 0. The zero-order chi connectivity index (χ0) is 21.5. The van der Waals surface area contributed by atoms with Crippen molar-refractivity contribution in [3.8, 4) is 0 Å². The molecule has 4 rings (SSSR count). The van der Waals surface area contributed by atoms with Gasteiger partial charge in [0.25, 0.3) is 0 Å². The zero-order valence-electron chi connectivity index (χ0n) is 18.5. The number of nitrogens with zero attached hydrogens (tertiary/aromatic N) is 1. The first-order valence-corrected chi connectivity index (χ1v) is 11.6. The predicted octanol–water partition coefficient (Wildman–Crippen LogP) is 4.52. The van der Waals surface area contributed by atoms with Crippen molar-refractivity contribution >= 4 is 5.97 Å². The summed E-state index contributed by atoms with van der Waals surface area (Å²) < 4.78 is 11.2. The van der Waals surface area contributed by atoms with Gasteiger partial charge in [-0.15, -0.1) is 0 Å². The maximum Gasteiger partial charge on any atom is 0.334 e. The molecule has 1 aliphatic carbocycles. The van der Waals surface area contributed by atoms with Gasteiger partial charge in [0.05, 0.1) is 13.2 Å². The first kappa shape index (κ1) is 21.8. The van der Waals surface area contributed by atoms with Crippen LogP contribution in [-0.2, 0) is 27.1 Å². The molecule has 0 bridgehead atoms. The van der Waals surface area contributed by atoms with Gasteiger partial charge in [0.15, 0.2) is 0 Å². The topological polar surface area (TPSA) is 38.8 Å². The molecule has 0 amide bonds. The van der Waals surface area contributed by atoms with Crippen LogP contribution >= 0.6 is 0 Å². The molecule has 164 valence electrons. The fourth-order valence-corrected chi connectivity index (χ4v) is 4.82. The van der Waals surface area contributed by atoms with Crippen molar-refractivity contribution in [1.29, 1.82) is 0 Å². The number of rotatable bonds is 8. The molecule has 1 heterocycles. The lowest BCUT2D eigenvalue weighted by atomic mass is 9.86. The van der Waals surface area contributed by atoms with Crippen molar-refractivity contribution in [2.45, 2.75) is 38.5 Å². The minimum absolute atomic E-state index is 0.182. The monoisotopic (exact) mass is 419 g/mol. The number of benzene rings is 2. The second kappa shape index (κ2) is 10.7. The van der Waals surface area contributed by atoms with Gasteiger partial charge >= 0.3 is 5.97 Å². The van der Waals surface area contributed by atoms with Gasteiger partial charge < -0.3 is 9.47 Å². The Morgan fingerprint density at radius 1 is 1.00 bits per heavy atom. The minimum atomic E-state index is -0.182. The molecule has 0 atom stereocenters. The molecule has 0 unspecified atom stereocenters. The zero-order valence-corrected chi connectivity index (χ0v) is 18.5. The highest BCUT2D eigenvalue weighted by Crippen LogP contribution is 2.36. The number of esters is 1. The highest BCUT2D eigenvalue weighted by Gasteiger charge is 2.23. The third-order valence-corrected chi connectivity index (χ3v) is 6.40. The van der Waals surface area contributed by atoms with E-state index < -0.39 is 0 Å². The summed E-state index contributed by atoms with van der Waals surface area (Å²) in [6, 6.07) is 17.8. The van der Waals surface area contributed by atoms with Crippen LogP contribution in [0.25, 0.3) is 0 Å². The Morgan fingerprint density at radius 3 is 2.35 bits per heavy atom. The lowest BCUT2D eigenvalue weighted by Crippen LogP contribution is -2.35. The van der Waals surface area contributed by atoms with Crippen LogP contribution in [0.3, 0.4) is 0 Å². The van der Waals surface area contributed by atoms with E-state index in [-0.39, 0.29) is 5.97 Å². The molecule has 0 aromatic heterocycles. The predicted molar refractivity (Wildman–Crippen MR) is 123 cm³/mol. The molecule has 31 heavy (non-hydrogen) atoms. The lowest BCUT2D eigenvalue weighted by Gasteiger charge is -2.26. The summed E-state index contributed by atoms with van der Waals surface area (Å²) in [5, 5.41) is 0. The van der Waals surface area contributed by atoms with Gasteiger partial charge in [0.2, 0.25) is 0 Å². The maximum absolute atomic E-state index is 12.0. The quantitative estimate of drug-likeness (QED) is 0.466. The molecule has 0 spiro atoms. The van der Waals surface area contributed by atoms with Crippen LogP contribution in [0.5, 0.6) is 0 Å². The van der Waals surface area contributed by atoms with E-state index in [4.69, 9.17) is 9.47 Å². The average molecular weight is 420 g/mol. The maximum atomic E-state index is 12.0. The Bertz CT molecular complexity index is 873. The van der Waals surface area contributed by atoms with Crippen molar-refractivity contribution in [3.05, 3.63) is 82.4 Å². The summed E-state index contributed by atoms with van der Waals surface area (Å²) in [4.78, 5) is 14.3. The Morgan fingerprint density at radius 2 is 1.68 bits per heavy atom. The SMILES string of the molecule is CCOC(=O)C1=CCCN(CCOCCC2c3ccccc3CCc3ccccc32)C1. The molecule has 2 aliphatic rings. The van der Waals surface area contributed by atoms with Crippen LogP contribution in [0.2, 0.25) is 0 Å². The van der Waals surface area contributed by atoms with E-state index >= 15 is 0 Å². The smallest absolute Gasteiger partial charge is 0.334 e. The molecule has 4 heteroatoms. The summed E-state index contributed by atoms with van der Waals surface area (Å²) in [6.07, 6.45) is 6.10. The summed E-state index contributed by atoms with van der Waals surface area (Å²) in [5.74, 6) is 0.210. The molecule has 4 nitrogen and oxygen atoms in total. The highest BCUT2D eigenvalue weighted by molar-refractivity contribution is 5.89. The first-order valence-electron chi connectivity index (χ1n) is 11.6. The van der Waals surface area contributed by atoms with Crippen LogP contribution < -0.4 is 0 Å². The van der Waals surface area contributed by atoms with E-state index in [0.717, 1.165) is 51.0 Å². The molecule has 0 radical (unpaired) electrons. The van der Waals surface area contributed by atoms with Crippen LogP contribution in [0.4, 0.5) is 0 Å². The highest BCUT2D eigenvalue weighted by atomic mass is 16.5. The number of ether oxygens (including phenoxy) is 2. The summed E-state index contributed by atoms with van der Waals surface area (Å²) in [6.45, 7) is 6.16. The molecule has 0 N–H and O–H groups in total. The third kappa shape index (κ3) is 5.44. The van der Waals surface area contributed by atoms with Gasteiger partial charge in [0, 0.05) is 37.7 Å². The van der Waals surface area contributed by atoms with Crippen LogP contribution in [0, 0.1) is 0 Å². The Hall–Kier alpha value is -2.43. The molecule has 0 saturated heterocycles. The van der Waals surface area contributed by atoms with Crippen LogP contribution in [0.15, 0.2) is 60.2 Å². The van der Waals surface area contributed by atoms with Crippen molar-refractivity contribution < 1.29 is 14.3 Å². The molecular formula is C27H33NO3. The second-order valence-electron chi connectivity index (χ2n) is 8.37. The fraction of sp³-hybridized carbons (Fsp3) is 0.444. The number of carbonyl (C=O) groups is 1. The number of fused-ring (bicyclic) bond motifs is 2. The van der Waals surface area contributed by atoms with Gasteiger partial charge in [-0.25, -0.2) is 4.79 Å². The van der Waals surface area contributed by atoms with E-state index in [2.05, 4.69) is 53.4 Å². The summed E-state index contributed by atoms with van der Waals surface area (Å²) >= 11 is 0. The van der Waals surface area contributed by atoms with Crippen molar-refractivity contribution in [1.82, 2.24) is 4.90 Å². The van der Waals surface area contributed by atoms with E-state index in [0.29, 0.717) is 25.7 Å². The molecule has 0 saturated carbocycles. The third-order valence-electron chi connectivity index (χ3n) is 6.40. The van der Waals surface area contributed by atoms with Gasteiger partial charge in [-0.2, -0.15) is 0 Å². The van der Waals surface area contributed by atoms with Gasteiger partial charge in [-0.3, -0.25) is 4.90 Å². The lowest BCUT2D eigenvalue weighted by molar-refractivity contribution is -0.139. The normalized spacial score (nSPS) is 16.7. The summed E-state index contributed by atoms with van der Waals surface area (Å²) in [5.41, 5.74) is 6.62. The fourth-order valence-electron chi connectivity index (χ4n) is 4.82. The molecule has 2 aromatic carbocycles.